The van der Waals surface area contributed by atoms with Gasteiger partial charge in [-0.15, -0.1) is 0 Å². The summed E-state index contributed by atoms with van der Waals surface area (Å²) in [6.07, 6.45) is 1.15. The van der Waals surface area contributed by atoms with E-state index in [0.29, 0.717) is 12.8 Å². The topological polar surface area (TPSA) is 108 Å². The smallest absolute Gasteiger partial charge is 0.323 e. The molecule has 1 heterocycles. The molecule has 0 aromatic heterocycles. The molecule has 1 atom stereocenters. The standard InChI is InChI=1S/C18H18Cl3N3O4S/c19-11-4-1-5-13(15(11)21)23-18(26)24-14-7-6-12(20)17(16(14)25)29(27,28)10-3-2-8-22-9-10/h1,4-7,10,22,25H,2-3,8-9H2,(H2,23,24,26). The second-order valence-corrected chi connectivity index (χ2v) is 9.82. The second kappa shape index (κ2) is 8.97. The molecule has 2 aromatic carbocycles. The van der Waals surface area contributed by atoms with Crippen LogP contribution in [0.5, 0.6) is 5.75 Å². The number of halogens is 3. The molecule has 0 radical (unpaired) electrons. The van der Waals surface area contributed by atoms with Crippen molar-refractivity contribution in [3.05, 3.63) is 45.4 Å². The van der Waals surface area contributed by atoms with Crippen molar-refractivity contribution in [1.29, 1.82) is 0 Å². The number of carbonyl (C=O) groups is 1. The number of carbonyl (C=O) groups excluding carboxylic acids is 1. The fourth-order valence-electron chi connectivity index (χ4n) is 3.05. The molecule has 0 bridgehead atoms. The van der Waals surface area contributed by atoms with Crippen LogP contribution in [-0.2, 0) is 9.84 Å². The lowest BCUT2D eigenvalue weighted by atomic mass is 10.2. The number of piperidine rings is 1. The fraction of sp³-hybridized carbons (Fsp3) is 0.278. The summed E-state index contributed by atoms with van der Waals surface area (Å²) in [6.45, 7) is 1.00. The molecule has 1 unspecified atom stereocenters. The van der Waals surface area contributed by atoms with E-state index < -0.39 is 31.8 Å². The predicted molar refractivity (Wildman–Crippen MR) is 115 cm³/mol. The maximum Gasteiger partial charge on any atom is 0.323 e. The van der Waals surface area contributed by atoms with E-state index in [0.717, 1.165) is 6.54 Å². The maximum absolute atomic E-state index is 13.0. The first-order valence-electron chi connectivity index (χ1n) is 8.70. The van der Waals surface area contributed by atoms with Crippen molar-refractivity contribution in [2.24, 2.45) is 0 Å². The van der Waals surface area contributed by atoms with E-state index in [1.807, 2.05) is 0 Å². The minimum absolute atomic E-state index is 0.104. The van der Waals surface area contributed by atoms with E-state index in [1.165, 1.54) is 12.1 Å². The molecule has 3 rings (SSSR count). The normalized spacial score (nSPS) is 17.0. The van der Waals surface area contributed by atoms with Gasteiger partial charge in [-0.2, -0.15) is 0 Å². The molecule has 1 saturated heterocycles. The van der Waals surface area contributed by atoms with Crippen LogP contribution in [0.25, 0.3) is 0 Å². The number of phenolic OH excluding ortho intramolecular Hbond substituents is 1. The maximum atomic E-state index is 13.0. The van der Waals surface area contributed by atoms with Crippen LogP contribution in [0.1, 0.15) is 12.8 Å². The summed E-state index contributed by atoms with van der Waals surface area (Å²) in [4.78, 5) is 11.9. The molecule has 7 nitrogen and oxygen atoms in total. The number of phenols is 1. The van der Waals surface area contributed by atoms with Crippen LogP contribution in [0.3, 0.4) is 0 Å². The quantitative estimate of drug-likeness (QED) is 0.483. The van der Waals surface area contributed by atoms with Crippen molar-refractivity contribution < 1.29 is 18.3 Å². The van der Waals surface area contributed by atoms with E-state index in [2.05, 4.69) is 16.0 Å². The number of hydrogen-bond donors (Lipinski definition) is 4. The molecule has 29 heavy (non-hydrogen) atoms. The van der Waals surface area contributed by atoms with Crippen LogP contribution in [-0.4, -0.2) is 37.9 Å². The van der Waals surface area contributed by atoms with Gasteiger partial charge in [-0.3, -0.25) is 0 Å². The zero-order chi connectivity index (χ0) is 21.2. The predicted octanol–water partition coefficient (Wildman–Crippen LogP) is 4.52. The third kappa shape index (κ3) is 4.73. The molecule has 156 valence electrons. The monoisotopic (exact) mass is 477 g/mol. The first-order chi connectivity index (χ1) is 13.7. The van der Waals surface area contributed by atoms with E-state index >= 15 is 0 Å². The summed E-state index contributed by atoms with van der Waals surface area (Å²) in [5.41, 5.74) is 0.152. The summed E-state index contributed by atoms with van der Waals surface area (Å²) in [6, 6.07) is 6.60. The Morgan fingerprint density at radius 1 is 1.07 bits per heavy atom. The van der Waals surface area contributed by atoms with Gasteiger partial charge in [-0.25, -0.2) is 13.2 Å². The Hall–Kier alpha value is -1.71. The zero-order valence-corrected chi connectivity index (χ0v) is 18.1. The first kappa shape index (κ1) is 22.0. The van der Waals surface area contributed by atoms with Crippen molar-refractivity contribution in [2.45, 2.75) is 23.0 Å². The van der Waals surface area contributed by atoms with Crippen LogP contribution in [0.15, 0.2) is 35.2 Å². The van der Waals surface area contributed by atoms with Crippen LogP contribution in [0, 0.1) is 0 Å². The summed E-state index contributed by atoms with van der Waals surface area (Å²) >= 11 is 18.0. The highest BCUT2D eigenvalue weighted by Crippen LogP contribution is 2.39. The van der Waals surface area contributed by atoms with Gasteiger partial charge >= 0.3 is 6.03 Å². The Labute approximate surface area is 183 Å². The van der Waals surface area contributed by atoms with Gasteiger partial charge in [0.25, 0.3) is 0 Å². The zero-order valence-electron chi connectivity index (χ0n) is 15.0. The molecular formula is C18H18Cl3N3O4S. The molecular weight excluding hydrogens is 461 g/mol. The molecule has 2 aromatic rings. The largest absolute Gasteiger partial charge is 0.504 e. The number of benzene rings is 2. The number of hydrogen-bond acceptors (Lipinski definition) is 5. The van der Waals surface area contributed by atoms with Gasteiger partial charge in [-0.1, -0.05) is 40.9 Å². The van der Waals surface area contributed by atoms with Crippen molar-refractivity contribution in [1.82, 2.24) is 5.32 Å². The molecule has 1 fully saturated rings. The lowest BCUT2D eigenvalue weighted by molar-refractivity contribution is 0.262. The molecule has 2 amide bonds. The third-order valence-electron chi connectivity index (χ3n) is 4.51. The minimum Gasteiger partial charge on any atom is -0.504 e. The summed E-state index contributed by atoms with van der Waals surface area (Å²) in [5.74, 6) is -0.615. The first-order valence-corrected chi connectivity index (χ1v) is 11.4. The molecule has 1 aliphatic heterocycles. The Kier molecular flexibility index (Phi) is 6.80. The SMILES string of the molecule is O=C(Nc1ccc(Cl)c(S(=O)(=O)C2CCCNC2)c1O)Nc1cccc(Cl)c1Cl. The van der Waals surface area contributed by atoms with Gasteiger partial charge < -0.3 is 21.1 Å². The molecule has 1 aliphatic rings. The van der Waals surface area contributed by atoms with E-state index in [-0.39, 0.29) is 33.0 Å². The van der Waals surface area contributed by atoms with Crippen molar-refractivity contribution in [3.63, 3.8) is 0 Å². The second-order valence-electron chi connectivity index (χ2n) is 6.47. The van der Waals surface area contributed by atoms with Crippen LogP contribution >= 0.6 is 34.8 Å². The number of sulfone groups is 1. The molecule has 4 N–H and O–H groups in total. The average molecular weight is 479 g/mol. The number of amides is 2. The number of nitrogens with one attached hydrogen (secondary N) is 3. The third-order valence-corrected chi connectivity index (χ3v) is 8.01. The molecule has 11 heteroatoms. The van der Waals surface area contributed by atoms with Crippen molar-refractivity contribution in [3.8, 4) is 5.75 Å². The van der Waals surface area contributed by atoms with Crippen molar-refractivity contribution in [2.75, 3.05) is 23.7 Å². The minimum atomic E-state index is -3.91. The fourth-order valence-corrected chi connectivity index (χ4v) is 5.74. The Bertz CT molecular complexity index is 1040. The van der Waals surface area contributed by atoms with Crippen LogP contribution < -0.4 is 16.0 Å². The van der Waals surface area contributed by atoms with Gasteiger partial charge in [0.1, 0.15) is 4.90 Å². The average Bonchev–Trinajstić information content (AvgIpc) is 2.68. The lowest BCUT2D eigenvalue weighted by Gasteiger charge is -2.24. The van der Waals surface area contributed by atoms with E-state index in [9.17, 15) is 18.3 Å². The van der Waals surface area contributed by atoms with Crippen LogP contribution in [0.2, 0.25) is 15.1 Å². The highest BCUT2D eigenvalue weighted by Gasteiger charge is 2.34. The lowest BCUT2D eigenvalue weighted by Crippen LogP contribution is -2.38. The van der Waals surface area contributed by atoms with E-state index in [4.69, 9.17) is 34.8 Å². The number of aromatic hydroxyl groups is 1. The van der Waals surface area contributed by atoms with Gasteiger partial charge in [0.05, 0.1) is 31.7 Å². The number of urea groups is 1. The Balaban J connectivity index is 1.87. The number of anilines is 2. The van der Waals surface area contributed by atoms with Gasteiger partial charge in [0, 0.05) is 6.54 Å². The Morgan fingerprint density at radius 3 is 2.48 bits per heavy atom. The molecule has 0 saturated carbocycles. The summed E-state index contributed by atoms with van der Waals surface area (Å²) in [7, 11) is -3.91. The summed E-state index contributed by atoms with van der Waals surface area (Å²) in [5, 5.41) is 18.1. The molecule has 0 aliphatic carbocycles. The van der Waals surface area contributed by atoms with Crippen molar-refractivity contribution >= 4 is 62.0 Å². The van der Waals surface area contributed by atoms with Gasteiger partial charge in [0.15, 0.2) is 15.6 Å². The van der Waals surface area contributed by atoms with Crippen LogP contribution in [0.4, 0.5) is 16.2 Å². The molecule has 0 spiro atoms. The summed E-state index contributed by atoms with van der Waals surface area (Å²) < 4.78 is 26.0. The Morgan fingerprint density at radius 2 is 1.79 bits per heavy atom. The van der Waals surface area contributed by atoms with E-state index in [1.54, 1.807) is 18.2 Å². The van der Waals surface area contributed by atoms with Gasteiger partial charge in [-0.05, 0) is 43.7 Å². The highest BCUT2D eigenvalue weighted by atomic mass is 35.5. The highest BCUT2D eigenvalue weighted by molar-refractivity contribution is 7.92. The number of rotatable bonds is 4. The van der Waals surface area contributed by atoms with Gasteiger partial charge in [0.2, 0.25) is 0 Å².